The molecule has 1 heterocycles. The van der Waals surface area contributed by atoms with E-state index in [9.17, 15) is 14.4 Å². The smallest absolute Gasteiger partial charge is 0.310 e. The van der Waals surface area contributed by atoms with Gasteiger partial charge in [-0.1, -0.05) is 43.6 Å². The Morgan fingerprint density at radius 2 is 1.94 bits per heavy atom. The van der Waals surface area contributed by atoms with E-state index in [0.717, 1.165) is 5.56 Å². The van der Waals surface area contributed by atoms with Gasteiger partial charge in [-0.25, -0.2) is 0 Å². The molecule has 0 bridgehead atoms. The minimum absolute atomic E-state index is 0.0550. The predicted octanol–water partition coefficient (Wildman–Crippen LogP) is 5.06. The van der Waals surface area contributed by atoms with Crippen LogP contribution in [0.2, 0.25) is 5.02 Å². The third-order valence-electron chi connectivity index (χ3n) is 5.38. The lowest BCUT2D eigenvalue weighted by atomic mass is 10.1. The van der Waals surface area contributed by atoms with E-state index in [1.165, 1.54) is 30.6 Å². The summed E-state index contributed by atoms with van der Waals surface area (Å²) in [5, 5.41) is 4.65. The molecule has 10 heteroatoms. The van der Waals surface area contributed by atoms with Crippen LogP contribution in [-0.4, -0.2) is 29.5 Å². The summed E-state index contributed by atoms with van der Waals surface area (Å²) in [4.78, 5) is 42.2. The van der Waals surface area contributed by atoms with Crippen molar-refractivity contribution in [2.45, 2.75) is 33.9 Å². The van der Waals surface area contributed by atoms with Crippen LogP contribution in [0.3, 0.4) is 0 Å². The van der Waals surface area contributed by atoms with Crippen molar-refractivity contribution in [1.29, 1.82) is 0 Å². The number of aryl methyl sites for hydroxylation is 1. The Labute approximate surface area is 212 Å². The number of carbonyl (C=O) groups excluding carboxylic acids is 3. The molecule has 0 aliphatic carbocycles. The fourth-order valence-electron chi connectivity index (χ4n) is 3.08. The Morgan fingerprint density at radius 1 is 1.20 bits per heavy atom. The lowest BCUT2D eigenvalue weighted by Gasteiger charge is -2.13. The van der Waals surface area contributed by atoms with Crippen molar-refractivity contribution in [3.8, 4) is 5.75 Å². The highest BCUT2D eigenvalue weighted by Gasteiger charge is 2.18. The van der Waals surface area contributed by atoms with E-state index in [-0.39, 0.29) is 40.9 Å². The Hall–Kier alpha value is -3.43. The van der Waals surface area contributed by atoms with Gasteiger partial charge >= 0.3 is 5.97 Å². The normalized spacial score (nSPS) is 12.2. The molecule has 1 aromatic heterocycles. The topological polar surface area (TPSA) is 99.0 Å². The van der Waals surface area contributed by atoms with Gasteiger partial charge in [-0.2, -0.15) is 4.99 Å². The highest BCUT2D eigenvalue weighted by molar-refractivity contribution is 7.07. The number of carbonyl (C=O) groups is 3. The molecule has 3 rings (SSSR count). The zero-order valence-corrected chi connectivity index (χ0v) is 21.4. The van der Waals surface area contributed by atoms with Crippen molar-refractivity contribution in [2.24, 2.45) is 10.9 Å². The van der Waals surface area contributed by atoms with Gasteiger partial charge in [0.05, 0.1) is 29.3 Å². The maximum atomic E-state index is 13.0. The zero-order valence-electron chi connectivity index (χ0n) is 19.8. The third kappa shape index (κ3) is 6.37. The average molecular weight is 516 g/mol. The Bertz CT molecular complexity index is 1310. The first-order valence-electron chi connectivity index (χ1n) is 10.9. The monoisotopic (exact) mass is 515 g/mol. The summed E-state index contributed by atoms with van der Waals surface area (Å²) in [6.07, 6.45) is 2.35. The number of nitrogens with zero attached hydrogens (tertiary/aromatic N) is 2. The first-order chi connectivity index (χ1) is 16.7. The molecule has 3 aromatic rings. The molecular formula is C25H26ClN3O5S. The first-order valence-corrected chi connectivity index (χ1v) is 12.1. The fourth-order valence-corrected chi connectivity index (χ4v) is 4.00. The molecule has 35 heavy (non-hydrogen) atoms. The average Bonchev–Trinajstić information content (AvgIpc) is 3.29. The Balaban J connectivity index is 1.84. The van der Waals surface area contributed by atoms with Crippen molar-refractivity contribution in [3.63, 3.8) is 0 Å². The lowest BCUT2D eigenvalue weighted by Crippen LogP contribution is -2.22. The van der Waals surface area contributed by atoms with E-state index in [0.29, 0.717) is 22.5 Å². The van der Waals surface area contributed by atoms with Crippen LogP contribution >= 0.6 is 22.9 Å². The molecule has 0 spiro atoms. The molecule has 0 aliphatic rings. The lowest BCUT2D eigenvalue weighted by molar-refractivity contribution is -0.152. The largest absolute Gasteiger partial charge is 0.496 e. The molecule has 0 fully saturated rings. The minimum Gasteiger partial charge on any atom is -0.496 e. The maximum absolute atomic E-state index is 13.0. The van der Waals surface area contributed by atoms with Gasteiger partial charge in [0.25, 0.3) is 11.8 Å². The number of nitrogens with one attached hydrogen (secondary N) is 1. The second-order valence-electron chi connectivity index (χ2n) is 7.78. The molecule has 1 unspecified atom stereocenters. The van der Waals surface area contributed by atoms with Crippen molar-refractivity contribution in [2.75, 3.05) is 12.4 Å². The van der Waals surface area contributed by atoms with Crippen LogP contribution in [0.5, 0.6) is 5.75 Å². The number of anilines is 1. The number of hydrogen-bond acceptors (Lipinski definition) is 6. The van der Waals surface area contributed by atoms with Gasteiger partial charge in [0, 0.05) is 23.2 Å². The predicted molar refractivity (Wildman–Crippen MR) is 135 cm³/mol. The van der Waals surface area contributed by atoms with Crippen LogP contribution in [0.15, 0.2) is 53.0 Å². The van der Waals surface area contributed by atoms with Gasteiger partial charge in [0.2, 0.25) is 0 Å². The van der Waals surface area contributed by atoms with Crippen LogP contribution in [0.25, 0.3) is 0 Å². The SMILES string of the molecule is CCC(C)C(=O)OCn1ccs/c1=N\C(=O)c1cc(Cl)c(NC(=O)c2ccccc2C)cc1OC. The Morgan fingerprint density at radius 3 is 2.63 bits per heavy atom. The highest BCUT2D eigenvalue weighted by atomic mass is 35.5. The summed E-state index contributed by atoms with van der Waals surface area (Å²) in [5.41, 5.74) is 1.76. The second kappa shape index (κ2) is 11.8. The van der Waals surface area contributed by atoms with E-state index in [2.05, 4.69) is 10.3 Å². The first kappa shape index (κ1) is 26.2. The number of benzene rings is 2. The molecule has 0 saturated carbocycles. The van der Waals surface area contributed by atoms with Gasteiger partial charge in [-0.3, -0.25) is 19.0 Å². The van der Waals surface area contributed by atoms with Crippen molar-refractivity contribution in [1.82, 2.24) is 4.57 Å². The van der Waals surface area contributed by atoms with Gasteiger partial charge in [-0.15, -0.1) is 11.3 Å². The van der Waals surface area contributed by atoms with E-state index >= 15 is 0 Å². The molecule has 1 atom stereocenters. The Kier molecular flexibility index (Phi) is 8.84. The molecule has 8 nitrogen and oxygen atoms in total. The van der Waals surface area contributed by atoms with Crippen molar-refractivity contribution in [3.05, 3.63) is 74.5 Å². The van der Waals surface area contributed by atoms with Crippen LogP contribution in [-0.2, 0) is 16.3 Å². The summed E-state index contributed by atoms with van der Waals surface area (Å²) in [6.45, 7) is 5.47. The number of ether oxygens (including phenoxy) is 2. The molecule has 1 N–H and O–H groups in total. The van der Waals surface area contributed by atoms with E-state index < -0.39 is 5.91 Å². The quantitative estimate of drug-likeness (QED) is 0.423. The summed E-state index contributed by atoms with van der Waals surface area (Å²) in [5.74, 6) is -1.25. The number of aromatic nitrogens is 1. The number of rotatable bonds is 8. The summed E-state index contributed by atoms with van der Waals surface area (Å²) in [7, 11) is 1.41. The molecule has 0 saturated heterocycles. The number of methoxy groups -OCH3 is 1. The summed E-state index contributed by atoms with van der Waals surface area (Å²) in [6, 6.07) is 10.1. The standard InChI is InChI=1S/C25H26ClN3O5S/c1-5-15(2)24(32)34-14-29-10-11-35-25(29)28-23(31)18-12-19(26)20(13-21(18)33-4)27-22(30)17-9-7-6-8-16(17)3/h6-13,15H,5,14H2,1-4H3,(H,27,30)/b28-25-. The second-order valence-corrected chi connectivity index (χ2v) is 9.06. The van der Waals surface area contributed by atoms with Gasteiger partial charge in [-0.05, 0) is 31.0 Å². The molecule has 0 radical (unpaired) electrons. The minimum atomic E-state index is -0.593. The molecule has 2 aromatic carbocycles. The number of halogens is 1. The molecule has 2 amide bonds. The number of esters is 1. The molecular weight excluding hydrogens is 490 g/mol. The van der Waals surface area contributed by atoms with E-state index in [1.807, 2.05) is 26.0 Å². The van der Waals surface area contributed by atoms with Crippen LogP contribution in [0, 0.1) is 12.8 Å². The highest BCUT2D eigenvalue weighted by Crippen LogP contribution is 2.32. The van der Waals surface area contributed by atoms with Gasteiger partial charge in [0.1, 0.15) is 5.75 Å². The van der Waals surface area contributed by atoms with E-state index in [1.54, 1.807) is 35.2 Å². The van der Waals surface area contributed by atoms with Gasteiger partial charge < -0.3 is 14.8 Å². The summed E-state index contributed by atoms with van der Waals surface area (Å²) >= 11 is 7.61. The molecule has 0 aliphatic heterocycles. The zero-order chi connectivity index (χ0) is 25.5. The van der Waals surface area contributed by atoms with Gasteiger partial charge in [0.15, 0.2) is 11.5 Å². The fraction of sp³-hybridized carbons (Fsp3) is 0.280. The summed E-state index contributed by atoms with van der Waals surface area (Å²) < 4.78 is 12.2. The number of thiazole rings is 1. The third-order valence-corrected chi connectivity index (χ3v) is 6.48. The van der Waals surface area contributed by atoms with E-state index in [4.69, 9.17) is 21.1 Å². The van der Waals surface area contributed by atoms with Crippen LogP contribution < -0.4 is 14.9 Å². The number of amides is 2. The number of hydrogen-bond donors (Lipinski definition) is 1. The van der Waals surface area contributed by atoms with Crippen molar-refractivity contribution < 1.29 is 23.9 Å². The van der Waals surface area contributed by atoms with Crippen LogP contribution in [0.1, 0.15) is 46.5 Å². The van der Waals surface area contributed by atoms with Crippen molar-refractivity contribution >= 4 is 46.4 Å². The maximum Gasteiger partial charge on any atom is 0.310 e. The molecule has 184 valence electrons. The van der Waals surface area contributed by atoms with Crippen LogP contribution in [0.4, 0.5) is 5.69 Å².